The smallest absolute Gasteiger partial charge is 0.246 e. The summed E-state index contributed by atoms with van der Waals surface area (Å²) in [5, 5.41) is -0.166. The molecule has 2 nitrogen and oxygen atoms in total. The third-order valence-corrected chi connectivity index (χ3v) is 4.30. The highest BCUT2D eigenvalue weighted by molar-refractivity contribution is 8.24. The normalized spacial score (nSPS) is 20.6. The van der Waals surface area contributed by atoms with Crippen LogP contribution in [0.25, 0.3) is 0 Å². The number of carbonyl (C=O) groups is 1. The van der Waals surface area contributed by atoms with E-state index in [1.54, 1.807) is 4.90 Å². The minimum atomic E-state index is -0.166. The van der Waals surface area contributed by atoms with Crippen LogP contribution in [-0.4, -0.2) is 21.7 Å². The van der Waals surface area contributed by atoms with Gasteiger partial charge < -0.3 is 0 Å². The summed E-state index contributed by atoms with van der Waals surface area (Å²) in [4.78, 5) is 14.2. The molecule has 0 aromatic heterocycles. The van der Waals surface area contributed by atoms with Gasteiger partial charge in [-0.15, -0.1) is 0 Å². The Labute approximate surface area is 118 Å². The maximum Gasteiger partial charge on any atom is 0.246 e. The van der Waals surface area contributed by atoms with Crippen molar-refractivity contribution in [3.8, 4) is 0 Å². The predicted octanol–water partition coefficient (Wildman–Crippen LogP) is 3.63. The van der Waals surface area contributed by atoms with Crippen molar-refractivity contribution in [2.45, 2.75) is 26.0 Å². The SMILES string of the molecule is CC(C)(C)CN1C(=O)[C@H](c2ccccc2)SC1=S. The first kappa shape index (κ1) is 13.6. The van der Waals surface area contributed by atoms with Crippen LogP contribution in [0.15, 0.2) is 30.3 Å². The van der Waals surface area contributed by atoms with Gasteiger partial charge in [-0.25, -0.2) is 0 Å². The first-order valence-electron chi connectivity index (χ1n) is 5.95. The fourth-order valence-electron chi connectivity index (χ4n) is 1.90. The Morgan fingerprint density at radius 3 is 2.44 bits per heavy atom. The van der Waals surface area contributed by atoms with Crippen LogP contribution in [0.4, 0.5) is 0 Å². The third-order valence-electron chi connectivity index (χ3n) is 2.66. The molecule has 1 aromatic carbocycles. The number of carbonyl (C=O) groups excluding carboxylic acids is 1. The fraction of sp³-hybridized carbons (Fsp3) is 0.429. The second kappa shape index (κ2) is 5.02. The van der Waals surface area contributed by atoms with Crippen LogP contribution in [0.5, 0.6) is 0 Å². The minimum Gasteiger partial charge on any atom is -0.296 e. The number of rotatable bonds is 2. The van der Waals surface area contributed by atoms with Gasteiger partial charge in [-0.05, 0) is 11.0 Å². The molecule has 18 heavy (non-hydrogen) atoms. The van der Waals surface area contributed by atoms with E-state index < -0.39 is 0 Å². The second-order valence-corrected chi connectivity index (χ2v) is 7.40. The number of hydrogen-bond donors (Lipinski definition) is 0. The molecule has 1 aliphatic rings. The van der Waals surface area contributed by atoms with Gasteiger partial charge in [0.2, 0.25) is 5.91 Å². The summed E-state index contributed by atoms with van der Waals surface area (Å²) >= 11 is 6.81. The molecule has 1 aliphatic heterocycles. The molecule has 0 aliphatic carbocycles. The zero-order valence-electron chi connectivity index (χ0n) is 10.8. The molecule has 0 unspecified atom stereocenters. The van der Waals surface area contributed by atoms with E-state index in [0.29, 0.717) is 10.9 Å². The Kier molecular flexibility index (Phi) is 3.78. The lowest BCUT2D eigenvalue weighted by molar-refractivity contribution is -0.127. The maximum atomic E-state index is 12.4. The Morgan fingerprint density at radius 2 is 1.89 bits per heavy atom. The van der Waals surface area contributed by atoms with E-state index in [2.05, 4.69) is 20.8 Å². The minimum absolute atomic E-state index is 0.0614. The number of hydrogen-bond acceptors (Lipinski definition) is 3. The van der Waals surface area contributed by atoms with Gasteiger partial charge in [0.1, 0.15) is 9.57 Å². The fourth-order valence-corrected chi connectivity index (χ4v) is 3.35. The van der Waals surface area contributed by atoms with Crippen molar-refractivity contribution < 1.29 is 4.79 Å². The molecule has 96 valence electrons. The summed E-state index contributed by atoms with van der Waals surface area (Å²) < 4.78 is 0.698. The number of amides is 1. The van der Waals surface area contributed by atoms with Crippen molar-refractivity contribution in [1.82, 2.24) is 4.90 Å². The molecule has 0 saturated carbocycles. The van der Waals surface area contributed by atoms with Crippen LogP contribution in [-0.2, 0) is 4.79 Å². The summed E-state index contributed by atoms with van der Waals surface area (Å²) in [6, 6.07) is 9.84. The van der Waals surface area contributed by atoms with Crippen LogP contribution in [0.3, 0.4) is 0 Å². The molecule has 4 heteroatoms. The predicted molar refractivity (Wildman–Crippen MR) is 80.5 cm³/mol. The molecule has 1 heterocycles. The van der Waals surface area contributed by atoms with Gasteiger partial charge in [0.15, 0.2) is 0 Å². The van der Waals surface area contributed by atoms with Gasteiger partial charge in [0.05, 0.1) is 0 Å². The first-order chi connectivity index (χ1) is 8.38. The van der Waals surface area contributed by atoms with E-state index in [1.807, 2.05) is 30.3 Å². The van der Waals surface area contributed by atoms with Gasteiger partial charge in [0.25, 0.3) is 0 Å². The molecule has 0 N–H and O–H groups in total. The summed E-state index contributed by atoms with van der Waals surface area (Å²) in [7, 11) is 0. The molecule has 2 rings (SSSR count). The van der Waals surface area contributed by atoms with E-state index in [-0.39, 0.29) is 16.6 Å². The van der Waals surface area contributed by atoms with E-state index in [4.69, 9.17) is 12.2 Å². The van der Waals surface area contributed by atoms with Crippen molar-refractivity contribution in [2.24, 2.45) is 5.41 Å². The Bertz CT molecular complexity index is 464. The highest BCUT2D eigenvalue weighted by Crippen LogP contribution is 2.40. The molecule has 1 atom stereocenters. The van der Waals surface area contributed by atoms with Crippen LogP contribution >= 0.6 is 24.0 Å². The quantitative estimate of drug-likeness (QED) is 0.771. The zero-order chi connectivity index (χ0) is 13.3. The standard InChI is InChI=1S/C14H17NOS2/c1-14(2,3)9-15-12(16)11(18-13(15)17)10-7-5-4-6-8-10/h4-8,11H,9H2,1-3H3/t11-/m0/s1. The molecule has 0 spiro atoms. The third kappa shape index (κ3) is 2.93. The summed E-state index contributed by atoms with van der Waals surface area (Å²) in [6.07, 6.45) is 0. The number of benzene rings is 1. The average Bonchev–Trinajstić information content (AvgIpc) is 2.56. The Balaban J connectivity index is 2.20. The van der Waals surface area contributed by atoms with Crippen molar-refractivity contribution in [3.05, 3.63) is 35.9 Å². The first-order valence-corrected chi connectivity index (χ1v) is 7.24. The van der Waals surface area contributed by atoms with E-state index in [1.165, 1.54) is 11.8 Å². The average molecular weight is 279 g/mol. The summed E-state index contributed by atoms with van der Waals surface area (Å²) in [5.41, 5.74) is 1.09. The number of thioether (sulfide) groups is 1. The van der Waals surface area contributed by atoms with E-state index in [9.17, 15) is 4.79 Å². The van der Waals surface area contributed by atoms with Crippen molar-refractivity contribution in [1.29, 1.82) is 0 Å². The Hall–Kier alpha value is -0.870. The van der Waals surface area contributed by atoms with Gasteiger partial charge >= 0.3 is 0 Å². The molecule has 1 fully saturated rings. The summed E-state index contributed by atoms with van der Waals surface area (Å²) in [5.74, 6) is 0.117. The highest BCUT2D eigenvalue weighted by atomic mass is 32.2. The largest absolute Gasteiger partial charge is 0.296 e. The monoisotopic (exact) mass is 279 g/mol. The van der Waals surface area contributed by atoms with Gasteiger partial charge in [-0.1, -0.05) is 75.1 Å². The molecule has 0 radical (unpaired) electrons. The topological polar surface area (TPSA) is 20.3 Å². The highest BCUT2D eigenvalue weighted by Gasteiger charge is 2.39. The van der Waals surface area contributed by atoms with Crippen molar-refractivity contribution in [2.75, 3.05) is 6.54 Å². The molecular formula is C14H17NOS2. The van der Waals surface area contributed by atoms with Crippen LogP contribution in [0.1, 0.15) is 31.6 Å². The van der Waals surface area contributed by atoms with Crippen molar-refractivity contribution in [3.63, 3.8) is 0 Å². The van der Waals surface area contributed by atoms with Crippen LogP contribution in [0.2, 0.25) is 0 Å². The number of nitrogens with zero attached hydrogens (tertiary/aromatic N) is 1. The lowest BCUT2D eigenvalue weighted by Crippen LogP contribution is -2.36. The molecule has 1 amide bonds. The van der Waals surface area contributed by atoms with Crippen molar-refractivity contribution >= 4 is 34.2 Å². The summed E-state index contributed by atoms with van der Waals surface area (Å²) in [6.45, 7) is 7.03. The van der Waals surface area contributed by atoms with E-state index in [0.717, 1.165) is 5.56 Å². The lowest BCUT2D eigenvalue weighted by Gasteiger charge is -2.25. The molecule has 1 aromatic rings. The molecular weight excluding hydrogens is 262 g/mol. The second-order valence-electron chi connectivity index (χ2n) is 5.66. The molecule has 0 bridgehead atoms. The van der Waals surface area contributed by atoms with Gasteiger partial charge in [-0.2, -0.15) is 0 Å². The van der Waals surface area contributed by atoms with Gasteiger partial charge in [0, 0.05) is 6.54 Å². The van der Waals surface area contributed by atoms with E-state index >= 15 is 0 Å². The maximum absolute atomic E-state index is 12.4. The zero-order valence-corrected chi connectivity index (χ0v) is 12.5. The lowest BCUT2D eigenvalue weighted by atomic mass is 9.96. The number of thiocarbonyl (C=S) groups is 1. The van der Waals surface area contributed by atoms with Crippen LogP contribution in [0, 0.1) is 5.41 Å². The molecule has 1 saturated heterocycles. The van der Waals surface area contributed by atoms with Crippen LogP contribution < -0.4 is 0 Å². The Morgan fingerprint density at radius 1 is 1.28 bits per heavy atom. The van der Waals surface area contributed by atoms with Gasteiger partial charge in [-0.3, -0.25) is 9.69 Å².